The number of hydrogen-bond acceptors (Lipinski definition) is 2. The molecule has 156 valence electrons. The number of phenols is 2. The zero-order chi connectivity index (χ0) is 21.5. The van der Waals surface area contributed by atoms with Crippen molar-refractivity contribution in [2.24, 2.45) is 0 Å². The van der Waals surface area contributed by atoms with Crippen LogP contribution in [0.3, 0.4) is 0 Å². The zero-order valence-electron chi connectivity index (χ0n) is 19.2. The zero-order valence-corrected chi connectivity index (χ0v) is 19.2. The lowest BCUT2D eigenvalue weighted by atomic mass is 9.76. The minimum Gasteiger partial charge on any atom is -0.508 e. The average molecular weight is 385 g/mol. The summed E-state index contributed by atoms with van der Waals surface area (Å²) in [6, 6.07) is 12.0. The molecular weight excluding hydrogens is 344 g/mol. The lowest BCUT2D eigenvalue weighted by molar-refractivity contribution is 0.425. The summed E-state index contributed by atoms with van der Waals surface area (Å²) in [7, 11) is 0. The molecule has 0 atom stereocenters. The van der Waals surface area contributed by atoms with Crippen molar-refractivity contribution in [2.45, 2.75) is 91.9 Å². The molecule has 0 radical (unpaired) electrons. The van der Waals surface area contributed by atoms with E-state index in [0.29, 0.717) is 11.5 Å². The lowest BCUT2D eigenvalue weighted by Gasteiger charge is -2.29. The quantitative estimate of drug-likeness (QED) is 0.549. The van der Waals surface area contributed by atoms with Gasteiger partial charge in [-0.3, -0.25) is 0 Å². The third-order valence-corrected chi connectivity index (χ3v) is 6.24. The molecule has 0 aromatic heterocycles. The van der Waals surface area contributed by atoms with E-state index in [1.165, 1.54) is 5.56 Å². The van der Waals surface area contributed by atoms with E-state index < -0.39 is 0 Å². The molecule has 2 rings (SSSR count). The summed E-state index contributed by atoms with van der Waals surface area (Å²) < 4.78 is 0. The largest absolute Gasteiger partial charge is 0.508 e. The molecule has 2 N–H and O–H groups in total. The summed E-state index contributed by atoms with van der Waals surface area (Å²) in [5.74, 6) is 0.907. The maximum absolute atomic E-state index is 10.0. The van der Waals surface area contributed by atoms with Crippen LogP contribution in [0.4, 0.5) is 0 Å². The Morgan fingerprint density at radius 2 is 1.21 bits per heavy atom. The van der Waals surface area contributed by atoms with E-state index in [1.54, 1.807) is 0 Å². The van der Waals surface area contributed by atoms with Crippen LogP contribution in [0.15, 0.2) is 36.4 Å². The van der Waals surface area contributed by atoms with Gasteiger partial charge in [-0.2, -0.15) is 0 Å². The molecule has 0 saturated heterocycles. The van der Waals surface area contributed by atoms with Gasteiger partial charge in [-0.25, -0.2) is 0 Å². The highest BCUT2D eigenvalue weighted by atomic mass is 16.3. The molecule has 2 heteroatoms. The maximum Gasteiger partial charge on any atom is 0.121 e. The van der Waals surface area contributed by atoms with Crippen molar-refractivity contribution < 1.29 is 10.2 Å². The first-order valence-electron chi connectivity index (χ1n) is 10.7. The van der Waals surface area contributed by atoms with Crippen molar-refractivity contribution in [1.82, 2.24) is 0 Å². The molecule has 0 amide bonds. The molecule has 0 saturated carbocycles. The summed E-state index contributed by atoms with van der Waals surface area (Å²) in [5.41, 5.74) is 4.68. The van der Waals surface area contributed by atoms with E-state index in [0.717, 1.165) is 42.4 Å². The molecule has 2 nitrogen and oxygen atoms in total. The molecule has 0 unspecified atom stereocenters. The summed E-state index contributed by atoms with van der Waals surface area (Å²) in [5, 5.41) is 19.6. The molecule has 0 bridgehead atoms. The van der Waals surface area contributed by atoms with Crippen molar-refractivity contribution in [3.8, 4) is 11.5 Å². The SMILES string of the molecule is CCC(C)(C)c1ccc(O)c(C(C)(C)CC)c1.CCc1cccc(CC)c1O. The molecule has 0 aliphatic heterocycles. The summed E-state index contributed by atoms with van der Waals surface area (Å²) in [6.45, 7) is 17.3. The van der Waals surface area contributed by atoms with Gasteiger partial charge >= 0.3 is 0 Å². The van der Waals surface area contributed by atoms with Gasteiger partial charge < -0.3 is 10.2 Å². The Morgan fingerprint density at radius 1 is 0.714 bits per heavy atom. The van der Waals surface area contributed by atoms with E-state index in [2.05, 4.69) is 61.5 Å². The Kier molecular flexibility index (Phi) is 8.60. The average Bonchev–Trinajstić information content (AvgIpc) is 2.68. The molecule has 2 aromatic rings. The monoisotopic (exact) mass is 384 g/mol. The standard InChI is InChI=1S/C16H26O.C10H14O/c1-7-15(3,4)12-9-10-14(17)13(11-12)16(5,6)8-2;1-3-8-6-5-7-9(4-2)10(8)11/h9-11,17H,7-8H2,1-6H3;5-7,11H,3-4H2,1-2H3. The maximum atomic E-state index is 10.0. The number of para-hydroxylation sites is 1. The van der Waals surface area contributed by atoms with Crippen molar-refractivity contribution >= 4 is 0 Å². The van der Waals surface area contributed by atoms with Crippen LogP contribution in [0.2, 0.25) is 0 Å². The fourth-order valence-electron chi connectivity index (χ4n) is 3.11. The minimum absolute atomic E-state index is 0.0317. The number of rotatable bonds is 6. The van der Waals surface area contributed by atoms with Crippen LogP contribution in [0.5, 0.6) is 11.5 Å². The van der Waals surface area contributed by atoms with Crippen LogP contribution in [-0.2, 0) is 23.7 Å². The second-order valence-electron chi connectivity index (χ2n) is 8.84. The third kappa shape index (κ3) is 5.77. The fraction of sp³-hybridized carbons (Fsp3) is 0.538. The van der Waals surface area contributed by atoms with Gasteiger partial charge in [0.1, 0.15) is 11.5 Å². The molecular formula is C26H40O2. The van der Waals surface area contributed by atoms with Gasteiger partial charge in [-0.05, 0) is 64.8 Å². The van der Waals surface area contributed by atoms with Crippen LogP contribution in [0, 0.1) is 0 Å². The first-order valence-corrected chi connectivity index (χ1v) is 10.7. The summed E-state index contributed by atoms with van der Waals surface area (Å²) in [6.07, 6.45) is 3.93. The van der Waals surface area contributed by atoms with E-state index >= 15 is 0 Å². The second-order valence-corrected chi connectivity index (χ2v) is 8.84. The highest BCUT2D eigenvalue weighted by molar-refractivity contribution is 5.43. The first-order chi connectivity index (χ1) is 13.0. The molecule has 28 heavy (non-hydrogen) atoms. The normalized spacial score (nSPS) is 11.7. The Labute approximate surface area is 172 Å². The predicted molar refractivity (Wildman–Crippen MR) is 122 cm³/mol. The summed E-state index contributed by atoms with van der Waals surface area (Å²) in [4.78, 5) is 0. The number of phenolic OH excluding ortho intramolecular Hbond substituents is 2. The first kappa shape index (κ1) is 24.1. The molecule has 2 aromatic carbocycles. The Balaban J connectivity index is 0.000000307. The number of hydrogen-bond donors (Lipinski definition) is 2. The van der Waals surface area contributed by atoms with Crippen LogP contribution >= 0.6 is 0 Å². The van der Waals surface area contributed by atoms with Crippen LogP contribution in [0.25, 0.3) is 0 Å². The highest BCUT2D eigenvalue weighted by Crippen LogP contribution is 2.37. The van der Waals surface area contributed by atoms with Gasteiger partial charge in [-0.1, -0.05) is 85.7 Å². The Morgan fingerprint density at radius 3 is 1.64 bits per heavy atom. The molecule has 0 fully saturated rings. The topological polar surface area (TPSA) is 40.5 Å². The second kappa shape index (κ2) is 10.0. The van der Waals surface area contributed by atoms with Gasteiger partial charge in [0.15, 0.2) is 0 Å². The molecule has 0 aliphatic carbocycles. The van der Waals surface area contributed by atoms with E-state index in [4.69, 9.17) is 0 Å². The number of benzene rings is 2. The van der Waals surface area contributed by atoms with Crippen LogP contribution in [-0.4, -0.2) is 10.2 Å². The van der Waals surface area contributed by atoms with Gasteiger partial charge in [0.25, 0.3) is 0 Å². The van der Waals surface area contributed by atoms with Crippen LogP contribution < -0.4 is 0 Å². The van der Waals surface area contributed by atoms with Gasteiger partial charge in [0.05, 0.1) is 0 Å². The minimum atomic E-state index is 0.0317. The lowest BCUT2D eigenvalue weighted by Crippen LogP contribution is -2.20. The number of aryl methyl sites for hydroxylation is 2. The van der Waals surface area contributed by atoms with E-state index in [9.17, 15) is 10.2 Å². The molecule has 0 spiro atoms. The van der Waals surface area contributed by atoms with Crippen molar-refractivity contribution in [2.75, 3.05) is 0 Å². The number of aromatic hydroxyl groups is 2. The smallest absolute Gasteiger partial charge is 0.121 e. The van der Waals surface area contributed by atoms with Crippen LogP contribution in [0.1, 0.15) is 90.5 Å². The van der Waals surface area contributed by atoms with Gasteiger partial charge in [0.2, 0.25) is 0 Å². The van der Waals surface area contributed by atoms with Crippen molar-refractivity contribution in [1.29, 1.82) is 0 Å². The third-order valence-electron chi connectivity index (χ3n) is 6.24. The van der Waals surface area contributed by atoms with Crippen molar-refractivity contribution in [3.05, 3.63) is 58.7 Å². The van der Waals surface area contributed by atoms with Gasteiger partial charge in [0, 0.05) is 0 Å². The molecule has 0 aliphatic rings. The predicted octanol–water partition coefficient (Wildman–Crippen LogP) is 7.28. The van der Waals surface area contributed by atoms with E-state index in [1.807, 2.05) is 30.3 Å². The van der Waals surface area contributed by atoms with Crippen molar-refractivity contribution in [3.63, 3.8) is 0 Å². The Bertz CT molecular complexity index is 735. The van der Waals surface area contributed by atoms with Gasteiger partial charge in [-0.15, -0.1) is 0 Å². The Hall–Kier alpha value is -1.96. The van der Waals surface area contributed by atoms with E-state index in [-0.39, 0.29) is 10.8 Å². The highest BCUT2D eigenvalue weighted by Gasteiger charge is 2.25. The fourth-order valence-corrected chi connectivity index (χ4v) is 3.11. The summed E-state index contributed by atoms with van der Waals surface area (Å²) >= 11 is 0. The molecule has 0 heterocycles.